The maximum absolute atomic E-state index is 12.7. The van der Waals surface area contributed by atoms with Gasteiger partial charge >= 0.3 is 0 Å². The van der Waals surface area contributed by atoms with E-state index in [1.54, 1.807) is 10.9 Å². The minimum atomic E-state index is -0.0117. The van der Waals surface area contributed by atoms with Crippen LogP contribution in [0, 0.1) is 5.92 Å². The molecule has 0 bridgehead atoms. The average Bonchev–Trinajstić information content (AvgIpc) is 3.14. The molecule has 1 N–H and O–H groups in total. The smallest absolute Gasteiger partial charge is 0.276 e. The number of carbonyl (C=O) groups excluding carboxylic acids is 1. The van der Waals surface area contributed by atoms with Gasteiger partial charge in [-0.05, 0) is 25.7 Å². The maximum Gasteiger partial charge on any atom is 0.276 e. The van der Waals surface area contributed by atoms with Crippen LogP contribution >= 0.6 is 0 Å². The number of hydrogen-bond donors (Lipinski definition) is 1. The van der Waals surface area contributed by atoms with E-state index in [1.807, 2.05) is 11.8 Å². The van der Waals surface area contributed by atoms with Gasteiger partial charge in [0.15, 0.2) is 5.69 Å². The molecule has 2 saturated heterocycles. The lowest BCUT2D eigenvalue weighted by atomic mass is 9.99. The molecule has 3 heterocycles. The van der Waals surface area contributed by atoms with Crippen molar-refractivity contribution in [3.63, 3.8) is 0 Å². The standard InChI is InChI=1S/C17H30N6O2/c1-2-22(13-15-3-11-25-12-4-15)17(24)16-14-23(20-19-16)10-9-21-7-5-18-6-8-21/h14-15,18H,2-13H2,1H3. The molecule has 1 amide bonds. The fraction of sp³-hybridized carbons (Fsp3) is 0.824. The highest BCUT2D eigenvalue weighted by atomic mass is 16.5. The molecule has 0 saturated carbocycles. The maximum atomic E-state index is 12.7. The van der Waals surface area contributed by atoms with Gasteiger partial charge < -0.3 is 15.0 Å². The predicted octanol–water partition coefficient (Wildman–Crippen LogP) is 0.0720. The van der Waals surface area contributed by atoms with Crippen molar-refractivity contribution < 1.29 is 9.53 Å². The molecule has 0 aliphatic carbocycles. The summed E-state index contributed by atoms with van der Waals surface area (Å²) in [4.78, 5) is 17.0. The van der Waals surface area contributed by atoms with E-state index in [-0.39, 0.29) is 5.91 Å². The van der Waals surface area contributed by atoms with Crippen molar-refractivity contribution in [1.82, 2.24) is 30.1 Å². The van der Waals surface area contributed by atoms with Crippen LogP contribution < -0.4 is 5.32 Å². The monoisotopic (exact) mass is 350 g/mol. The molecule has 140 valence electrons. The lowest BCUT2D eigenvalue weighted by Gasteiger charge is -2.28. The summed E-state index contributed by atoms with van der Waals surface area (Å²) in [5.41, 5.74) is 0.453. The van der Waals surface area contributed by atoms with Crippen LogP contribution in [0.5, 0.6) is 0 Å². The Morgan fingerprint density at radius 1 is 1.32 bits per heavy atom. The summed E-state index contributed by atoms with van der Waals surface area (Å²) in [6, 6.07) is 0. The second-order valence-electron chi connectivity index (χ2n) is 6.86. The Bertz CT molecular complexity index is 537. The van der Waals surface area contributed by atoms with Crippen LogP contribution in [-0.2, 0) is 11.3 Å². The molecule has 0 atom stereocenters. The number of hydrogen-bond acceptors (Lipinski definition) is 6. The number of nitrogens with one attached hydrogen (secondary N) is 1. The van der Waals surface area contributed by atoms with Gasteiger partial charge in [0.2, 0.25) is 0 Å². The minimum Gasteiger partial charge on any atom is -0.381 e. The average molecular weight is 350 g/mol. The fourth-order valence-electron chi connectivity index (χ4n) is 3.44. The molecule has 0 radical (unpaired) electrons. The zero-order valence-electron chi connectivity index (χ0n) is 15.2. The van der Waals surface area contributed by atoms with Crippen molar-refractivity contribution in [2.24, 2.45) is 5.92 Å². The van der Waals surface area contributed by atoms with Gasteiger partial charge in [-0.1, -0.05) is 5.21 Å². The van der Waals surface area contributed by atoms with E-state index in [2.05, 4.69) is 20.5 Å². The van der Waals surface area contributed by atoms with Gasteiger partial charge in [-0.25, -0.2) is 0 Å². The summed E-state index contributed by atoms with van der Waals surface area (Å²) in [6.45, 7) is 11.0. The molecule has 8 nitrogen and oxygen atoms in total. The molecule has 25 heavy (non-hydrogen) atoms. The number of amides is 1. The number of piperazine rings is 1. The van der Waals surface area contributed by atoms with Crippen molar-refractivity contribution >= 4 is 5.91 Å². The van der Waals surface area contributed by atoms with E-state index < -0.39 is 0 Å². The van der Waals surface area contributed by atoms with Crippen LogP contribution in [0.4, 0.5) is 0 Å². The first-order chi connectivity index (χ1) is 12.3. The van der Waals surface area contributed by atoms with Crippen LogP contribution in [0.15, 0.2) is 6.20 Å². The lowest BCUT2D eigenvalue weighted by molar-refractivity contribution is 0.0464. The topological polar surface area (TPSA) is 75.5 Å². The second kappa shape index (κ2) is 9.26. The summed E-state index contributed by atoms with van der Waals surface area (Å²) in [6.07, 6.45) is 3.85. The zero-order valence-corrected chi connectivity index (χ0v) is 15.2. The number of carbonyl (C=O) groups is 1. The first-order valence-corrected chi connectivity index (χ1v) is 9.46. The SMILES string of the molecule is CCN(CC1CCOCC1)C(=O)c1cn(CCN2CCNCC2)nn1. The van der Waals surface area contributed by atoms with Crippen LogP contribution in [0.2, 0.25) is 0 Å². The first kappa shape index (κ1) is 18.3. The van der Waals surface area contributed by atoms with Crippen molar-refractivity contribution in [3.8, 4) is 0 Å². The Morgan fingerprint density at radius 3 is 2.80 bits per heavy atom. The third-order valence-corrected chi connectivity index (χ3v) is 5.10. The summed E-state index contributed by atoms with van der Waals surface area (Å²) >= 11 is 0. The molecule has 2 fully saturated rings. The molecule has 0 aromatic carbocycles. The van der Waals surface area contributed by atoms with Gasteiger partial charge in [-0.3, -0.25) is 14.4 Å². The van der Waals surface area contributed by atoms with Crippen LogP contribution in [-0.4, -0.2) is 89.7 Å². The highest BCUT2D eigenvalue weighted by Crippen LogP contribution is 2.17. The molecule has 8 heteroatoms. The molecule has 1 aromatic heterocycles. The summed E-state index contributed by atoms with van der Waals surface area (Å²) in [5.74, 6) is 0.517. The van der Waals surface area contributed by atoms with Gasteiger partial charge in [0.1, 0.15) is 0 Å². The molecular weight excluding hydrogens is 320 g/mol. The Morgan fingerprint density at radius 2 is 2.08 bits per heavy atom. The van der Waals surface area contributed by atoms with E-state index in [1.165, 1.54) is 0 Å². The Labute approximate surface area is 149 Å². The number of nitrogens with zero attached hydrogens (tertiary/aromatic N) is 5. The third-order valence-electron chi connectivity index (χ3n) is 5.10. The first-order valence-electron chi connectivity index (χ1n) is 9.46. The summed E-state index contributed by atoms with van der Waals surface area (Å²) in [5, 5.41) is 11.6. The van der Waals surface area contributed by atoms with Crippen molar-refractivity contribution in [1.29, 1.82) is 0 Å². The predicted molar refractivity (Wildman–Crippen MR) is 94.5 cm³/mol. The van der Waals surface area contributed by atoms with Crippen molar-refractivity contribution in [2.75, 3.05) is 59.0 Å². The molecule has 1 aromatic rings. The minimum absolute atomic E-state index is 0.0117. The number of aromatic nitrogens is 3. The van der Waals surface area contributed by atoms with Gasteiger partial charge in [0.25, 0.3) is 5.91 Å². The zero-order chi connectivity index (χ0) is 17.5. The van der Waals surface area contributed by atoms with Gasteiger partial charge in [0.05, 0.1) is 12.7 Å². The third kappa shape index (κ3) is 5.23. The number of ether oxygens (including phenoxy) is 1. The van der Waals surface area contributed by atoms with E-state index in [4.69, 9.17) is 4.74 Å². The van der Waals surface area contributed by atoms with Crippen LogP contribution in [0.25, 0.3) is 0 Å². The fourth-order valence-corrected chi connectivity index (χ4v) is 3.44. The quantitative estimate of drug-likeness (QED) is 0.750. The highest BCUT2D eigenvalue weighted by Gasteiger charge is 2.23. The molecule has 2 aliphatic rings. The van der Waals surface area contributed by atoms with E-state index >= 15 is 0 Å². The molecule has 3 rings (SSSR count). The second-order valence-corrected chi connectivity index (χ2v) is 6.86. The van der Waals surface area contributed by atoms with E-state index in [0.29, 0.717) is 18.2 Å². The van der Waals surface area contributed by atoms with Gasteiger partial charge in [-0.2, -0.15) is 0 Å². The van der Waals surface area contributed by atoms with Gasteiger partial charge in [-0.15, -0.1) is 5.10 Å². The molecular formula is C17H30N6O2. The highest BCUT2D eigenvalue weighted by molar-refractivity contribution is 5.91. The van der Waals surface area contributed by atoms with Crippen LogP contribution in [0.3, 0.4) is 0 Å². The Kier molecular flexibility index (Phi) is 6.77. The summed E-state index contributed by atoms with van der Waals surface area (Å²) in [7, 11) is 0. The summed E-state index contributed by atoms with van der Waals surface area (Å²) < 4.78 is 7.19. The van der Waals surface area contributed by atoms with E-state index in [9.17, 15) is 4.79 Å². The van der Waals surface area contributed by atoms with Crippen molar-refractivity contribution in [2.45, 2.75) is 26.3 Å². The largest absolute Gasteiger partial charge is 0.381 e. The van der Waals surface area contributed by atoms with Crippen LogP contribution in [0.1, 0.15) is 30.3 Å². The molecule has 0 spiro atoms. The molecule has 2 aliphatic heterocycles. The normalized spacial score (nSPS) is 19.9. The lowest BCUT2D eigenvalue weighted by Crippen LogP contribution is -2.44. The van der Waals surface area contributed by atoms with Gasteiger partial charge in [0, 0.05) is 59.0 Å². The van der Waals surface area contributed by atoms with Crippen molar-refractivity contribution in [3.05, 3.63) is 11.9 Å². The number of rotatable bonds is 7. The van der Waals surface area contributed by atoms with E-state index in [0.717, 1.165) is 71.9 Å². The Hall–Kier alpha value is -1.51. The molecule has 0 unspecified atom stereocenters. The Balaban J connectivity index is 1.51.